The van der Waals surface area contributed by atoms with Crippen LogP contribution in [0.4, 0.5) is 4.39 Å². The van der Waals surface area contributed by atoms with Crippen molar-refractivity contribution in [2.75, 3.05) is 0 Å². The molecule has 0 spiro atoms. The molecule has 0 aliphatic heterocycles. The molecule has 2 aromatic carbocycles. The number of hydrogen-bond acceptors (Lipinski definition) is 2. The van der Waals surface area contributed by atoms with Gasteiger partial charge in [0.1, 0.15) is 5.82 Å². The second-order valence-corrected chi connectivity index (χ2v) is 5.86. The van der Waals surface area contributed by atoms with E-state index in [-0.39, 0.29) is 18.1 Å². The molecule has 0 radical (unpaired) electrons. The maximum absolute atomic E-state index is 13.1. The van der Waals surface area contributed by atoms with Gasteiger partial charge in [0.15, 0.2) is 0 Å². The van der Waals surface area contributed by atoms with Crippen LogP contribution in [-0.4, -0.2) is 4.21 Å². The van der Waals surface area contributed by atoms with Gasteiger partial charge in [0, 0.05) is 6.54 Å². The van der Waals surface area contributed by atoms with E-state index in [0.29, 0.717) is 15.5 Å². The molecule has 100 valence electrons. The molecule has 19 heavy (non-hydrogen) atoms. The van der Waals surface area contributed by atoms with Crippen LogP contribution >= 0.6 is 11.6 Å². The zero-order valence-electron chi connectivity index (χ0n) is 10.1. The van der Waals surface area contributed by atoms with Crippen molar-refractivity contribution in [3.05, 3.63) is 64.4 Å². The standard InChI is InChI=1S/C14H13ClFNOS/c15-13-3-1-2-4-14(13)19(18)9-10-5-6-12(16)7-11(10)8-17/h1-7H,8-9,17H2. The van der Waals surface area contributed by atoms with E-state index in [1.807, 2.05) is 0 Å². The van der Waals surface area contributed by atoms with E-state index in [4.69, 9.17) is 17.3 Å². The van der Waals surface area contributed by atoms with Crippen molar-refractivity contribution in [2.24, 2.45) is 5.73 Å². The molecule has 2 N–H and O–H groups in total. The van der Waals surface area contributed by atoms with Crippen LogP contribution in [0.3, 0.4) is 0 Å². The molecular formula is C14H13ClFNOS. The van der Waals surface area contributed by atoms with Gasteiger partial charge in [-0.15, -0.1) is 0 Å². The highest BCUT2D eigenvalue weighted by Crippen LogP contribution is 2.22. The maximum Gasteiger partial charge on any atom is 0.123 e. The molecule has 0 saturated carbocycles. The molecule has 0 aliphatic rings. The minimum Gasteiger partial charge on any atom is -0.326 e. The number of nitrogens with two attached hydrogens (primary N) is 1. The Morgan fingerprint density at radius 2 is 1.89 bits per heavy atom. The number of benzene rings is 2. The van der Waals surface area contributed by atoms with Gasteiger partial charge >= 0.3 is 0 Å². The summed E-state index contributed by atoms with van der Waals surface area (Å²) in [5.41, 5.74) is 7.02. The van der Waals surface area contributed by atoms with E-state index in [1.54, 1.807) is 30.3 Å². The molecule has 0 bridgehead atoms. The van der Waals surface area contributed by atoms with E-state index >= 15 is 0 Å². The third kappa shape index (κ3) is 3.41. The topological polar surface area (TPSA) is 43.1 Å². The van der Waals surface area contributed by atoms with Crippen LogP contribution in [0.5, 0.6) is 0 Å². The van der Waals surface area contributed by atoms with Gasteiger partial charge in [-0.3, -0.25) is 4.21 Å². The number of halogens is 2. The highest BCUT2D eigenvalue weighted by molar-refractivity contribution is 7.84. The van der Waals surface area contributed by atoms with Crippen LogP contribution in [0, 0.1) is 5.82 Å². The lowest BCUT2D eigenvalue weighted by Crippen LogP contribution is -2.05. The molecule has 5 heteroatoms. The monoisotopic (exact) mass is 297 g/mol. The molecule has 0 heterocycles. The first-order valence-electron chi connectivity index (χ1n) is 5.72. The predicted molar refractivity (Wildman–Crippen MR) is 75.9 cm³/mol. The van der Waals surface area contributed by atoms with E-state index in [9.17, 15) is 8.60 Å². The van der Waals surface area contributed by atoms with Crippen molar-refractivity contribution >= 4 is 22.4 Å². The molecule has 0 aromatic heterocycles. The molecule has 2 nitrogen and oxygen atoms in total. The van der Waals surface area contributed by atoms with Crippen molar-refractivity contribution in [3.8, 4) is 0 Å². The fraction of sp³-hybridized carbons (Fsp3) is 0.143. The van der Waals surface area contributed by atoms with Crippen molar-refractivity contribution in [1.29, 1.82) is 0 Å². The lowest BCUT2D eigenvalue weighted by atomic mass is 10.1. The Morgan fingerprint density at radius 3 is 2.58 bits per heavy atom. The van der Waals surface area contributed by atoms with E-state index in [2.05, 4.69) is 0 Å². The molecule has 2 rings (SSSR count). The molecule has 1 unspecified atom stereocenters. The zero-order chi connectivity index (χ0) is 13.8. The molecule has 0 amide bonds. The third-order valence-corrected chi connectivity index (χ3v) is 4.62. The Bertz CT molecular complexity index is 618. The van der Waals surface area contributed by atoms with Gasteiger partial charge in [0.25, 0.3) is 0 Å². The lowest BCUT2D eigenvalue weighted by molar-refractivity contribution is 0.624. The third-order valence-electron chi connectivity index (χ3n) is 2.76. The summed E-state index contributed by atoms with van der Waals surface area (Å²) in [6, 6.07) is 11.3. The zero-order valence-corrected chi connectivity index (χ0v) is 11.7. The SMILES string of the molecule is NCc1cc(F)ccc1CS(=O)c1ccccc1Cl. The summed E-state index contributed by atoms with van der Waals surface area (Å²) in [4.78, 5) is 0.580. The number of rotatable bonds is 4. The Kier molecular flexibility index (Phi) is 4.69. The first-order chi connectivity index (χ1) is 9.11. The molecule has 0 aliphatic carbocycles. The minimum absolute atomic E-state index is 0.215. The second-order valence-electron chi connectivity index (χ2n) is 4.04. The van der Waals surface area contributed by atoms with Gasteiger partial charge in [-0.05, 0) is 35.4 Å². The van der Waals surface area contributed by atoms with E-state index in [1.165, 1.54) is 12.1 Å². The summed E-state index contributed by atoms with van der Waals surface area (Å²) in [5, 5.41) is 0.470. The quantitative estimate of drug-likeness (QED) is 0.941. The highest BCUT2D eigenvalue weighted by Gasteiger charge is 2.11. The molecule has 1 atom stereocenters. The van der Waals surface area contributed by atoms with Gasteiger partial charge in [-0.1, -0.05) is 29.8 Å². The maximum atomic E-state index is 13.1. The normalized spacial score (nSPS) is 12.4. The Hall–Kier alpha value is -1.23. The van der Waals surface area contributed by atoms with Gasteiger partial charge in [0.2, 0.25) is 0 Å². The van der Waals surface area contributed by atoms with Crippen LogP contribution in [0.25, 0.3) is 0 Å². The van der Waals surface area contributed by atoms with Crippen molar-refractivity contribution in [2.45, 2.75) is 17.2 Å². The van der Waals surface area contributed by atoms with Crippen molar-refractivity contribution in [1.82, 2.24) is 0 Å². The fourth-order valence-corrected chi connectivity index (χ4v) is 3.40. The summed E-state index contributed by atoms with van der Waals surface area (Å²) in [6.07, 6.45) is 0. The first-order valence-corrected chi connectivity index (χ1v) is 7.42. The van der Waals surface area contributed by atoms with Crippen LogP contribution < -0.4 is 5.73 Å². The summed E-state index contributed by atoms with van der Waals surface area (Å²) in [5.74, 6) is -0.0657. The molecular weight excluding hydrogens is 285 g/mol. The van der Waals surface area contributed by atoms with Crippen molar-refractivity contribution in [3.63, 3.8) is 0 Å². The Morgan fingerprint density at radius 1 is 1.16 bits per heavy atom. The minimum atomic E-state index is -1.27. The van der Waals surface area contributed by atoms with Crippen LogP contribution in [0.15, 0.2) is 47.4 Å². The lowest BCUT2D eigenvalue weighted by Gasteiger charge is -2.09. The van der Waals surface area contributed by atoms with E-state index < -0.39 is 10.8 Å². The van der Waals surface area contributed by atoms with Crippen LogP contribution in [0.1, 0.15) is 11.1 Å². The summed E-state index contributed by atoms with van der Waals surface area (Å²) < 4.78 is 25.4. The summed E-state index contributed by atoms with van der Waals surface area (Å²) >= 11 is 6.01. The van der Waals surface area contributed by atoms with Crippen LogP contribution in [-0.2, 0) is 23.1 Å². The van der Waals surface area contributed by atoms with Crippen molar-refractivity contribution < 1.29 is 8.60 Å². The average Bonchev–Trinajstić information content (AvgIpc) is 2.41. The van der Waals surface area contributed by atoms with Gasteiger partial charge in [0.05, 0.1) is 26.5 Å². The van der Waals surface area contributed by atoms with E-state index in [0.717, 1.165) is 5.56 Å². The highest BCUT2D eigenvalue weighted by atomic mass is 35.5. The Balaban J connectivity index is 2.27. The summed E-state index contributed by atoms with van der Waals surface area (Å²) in [6.45, 7) is 0.215. The smallest absolute Gasteiger partial charge is 0.123 e. The second kappa shape index (κ2) is 6.28. The molecule has 0 fully saturated rings. The summed E-state index contributed by atoms with van der Waals surface area (Å²) in [7, 11) is -1.27. The predicted octanol–water partition coefficient (Wildman–Crippen LogP) is 3.25. The number of hydrogen-bond donors (Lipinski definition) is 1. The van der Waals surface area contributed by atoms with Gasteiger partial charge in [-0.25, -0.2) is 4.39 Å². The van der Waals surface area contributed by atoms with Crippen LogP contribution in [0.2, 0.25) is 5.02 Å². The molecule has 0 saturated heterocycles. The first kappa shape index (κ1) is 14.2. The van der Waals surface area contributed by atoms with Gasteiger partial charge in [-0.2, -0.15) is 0 Å². The van der Waals surface area contributed by atoms with Gasteiger partial charge < -0.3 is 5.73 Å². The Labute approximate surface area is 118 Å². The fourth-order valence-electron chi connectivity index (χ4n) is 1.77. The average molecular weight is 298 g/mol. The molecule has 2 aromatic rings. The largest absolute Gasteiger partial charge is 0.326 e.